The molecule has 0 unspecified atom stereocenters. The van der Waals surface area contributed by atoms with Crippen molar-refractivity contribution in [1.82, 2.24) is 19.1 Å². The monoisotopic (exact) mass is 814 g/mol. The number of nitrogens with zero attached hydrogens (tertiary/aromatic N) is 4. The van der Waals surface area contributed by atoms with E-state index in [-0.39, 0.29) is 17.0 Å². The minimum absolute atomic E-state index is 0.127. The fraction of sp³-hybridized carbons (Fsp3) is 0.0455. The van der Waals surface area contributed by atoms with Gasteiger partial charge in [0.25, 0.3) is 11.1 Å². The first-order valence-electron chi connectivity index (χ1n) is 17.2. The number of hydrogen-bond donors (Lipinski definition) is 2. The van der Waals surface area contributed by atoms with Crippen molar-refractivity contribution in [3.05, 3.63) is 177 Å². The maximum absolute atomic E-state index is 12.8. The van der Waals surface area contributed by atoms with Crippen molar-refractivity contribution in [3.63, 3.8) is 0 Å². The third-order valence-electron chi connectivity index (χ3n) is 8.96. The van der Waals surface area contributed by atoms with Gasteiger partial charge in [0.2, 0.25) is 11.1 Å². The second-order valence-corrected chi connectivity index (χ2v) is 13.9. The summed E-state index contributed by atoms with van der Waals surface area (Å²) < 4.78 is 3.27. The molecule has 8 aromatic rings. The van der Waals surface area contributed by atoms with Gasteiger partial charge in [-0.2, -0.15) is 0 Å². The number of carbonyl (C=O) groups excluding carboxylic acids is 2. The molecule has 0 aliphatic carbocycles. The van der Waals surface area contributed by atoms with Crippen molar-refractivity contribution in [2.45, 2.75) is 13.8 Å². The number of benzene rings is 4. The number of nitrogens with two attached hydrogens (primary N) is 1. The van der Waals surface area contributed by atoms with Gasteiger partial charge in [-0.1, -0.05) is 48.5 Å². The SMILES string of the molecule is C=CC(=O)Cl.C=CC(=O)Nc1cc(-n2c(=O)ccc3cnc4ccc(Cl)cc4c32)ccc1C.Cc1ccc(-n2c(=O)ccc3cnc4ccc(Cl)cc4c32)cc1N. The van der Waals surface area contributed by atoms with E-state index in [4.69, 9.17) is 40.5 Å². The summed E-state index contributed by atoms with van der Waals surface area (Å²) in [5, 5.41) is 6.72. The molecule has 284 valence electrons. The van der Waals surface area contributed by atoms with Crippen LogP contribution in [0.25, 0.3) is 55.0 Å². The van der Waals surface area contributed by atoms with Gasteiger partial charge in [-0.3, -0.25) is 38.3 Å². The zero-order valence-electron chi connectivity index (χ0n) is 30.6. The molecule has 57 heavy (non-hydrogen) atoms. The highest BCUT2D eigenvalue weighted by molar-refractivity contribution is 6.66. The Bertz CT molecular complexity index is 3050. The van der Waals surface area contributed by atoms with Gasteiger partial charge in [-0.05, 0) is 122 Å². The number of nitrogens with one attached hydrogen (secondary N) is 1. The van der Waals surface area contributed by atoms with Crippen molar-refractivity contribution < 1.29 is 9.59 Å². The normalized spacial score (nSPS) is 10.7. The van der Waals surface area contributed by atoms with Crippen LogP contribution in [0, 0.1) is 13.8 Å². The molecule has 13 heteroatoms. The van der Waals surface area contributed by atoms with E-state index in [2.05, 4.69) is 28.4 Å². The molecule has 0 saturated heterocycles. The number of halogens is 3. The van der Waals surface area contributed by atoms with Crippen molar-refractivity contribution in [3.8, 4) is 11.4 Å². The van der Waals surface area contributed by atoms with Gasteiger partial charge in [0, 0.05) is 67.5 Å². The van der Waals surface area contributed by atoms with Crippen molar-refractivity contribution >= 4 is 101 Å². The van der Waals surface area contributed by atoms with E-state index < -0.39 is 5.24 Å². The van der Waals surface area contributed by atoms with Crippen LogP contribution in [0.3, 0.4) is 0 Å². The van der Waals surface area contributed by atoms with Gasteiger partial charge in [0.1, 0.15) is 0 Å². The molecule has 1 amide bonds. The molecule has 0 aliphatic rings. The number of fused-ring (bicyclic) bond motifs is 6. The highest BCUT2D eigenvalue weighted by Gasteiger charge is 2.14. The summed E-state index contributed by atoms with van der Waals surface area (Å²) in [5.41, 5.74) is 13.2. The van der Waals surface area contributed by atoms with Gasteiger partial charge in [0.05, 0.1) is 33.4 Å². The Balaban J connectivity index is 0.000000174. The quantitative estimate of drug-likeness (QED) is 0.0763. The highest BCUT2D eigenvalue weighted by atomic mass is 35.5. The third kappa shape index (κ3) is 8.63. The van der Waals surface area contributed by atoms with E-state index in [0.717, 1.165) is 61.0 Å². The summed E-state index contributed by atoms with van der Waals surface area (Å²) in [4.78, 5) is 55.6. The molecule has 0 radical (unpaired) electrons. The van der Waals surface area contributed by atoms with Gasteiger partial charge < -0.3 is 11.1 Å². The first-order chi connectivity index (χ1) is 27.3. The number of pyridine rings is 4. The molecular formula is C44H33Cl3N6O4. The van der Waals surface area contributed by atoms with Crippen LogP contribution >= 0.6 is 34.8 Å². The summed E-state index contributed by atoms with van der Waals surface area (Å²) in [7, 11) is 0. The fourth-order valence-corrected chi connectivity index (χ4v) is 6.46. The Morgan fingerprint density at radius 3 is 1.60 bits per heavy atom. The van der Waals surface area contributed by atoms with E-state index in [1.54, 1.807) is 57.9 Å². The minimum Gasteiger partial charge on any atom is -0.398 e. The number of hydrogen-bond acceptors (Lipinski definition) is 7. The zero-order valence-corrected chi connectivity index (χ0v) is 32.9. The summed E-state index contributed by atoms with van der Waals surface area (Å²) in [6.07, 6.45) is 5.74. The van der Waals surface area contributed by atoms with Crippen molar-refractivity contribution in [2.75, 3.05) is 11.1 Å². The van der Waals surface area contributed by atoms with E-state index in [0.29, 0.717) is 32.6 Å². The second-order valence-electron chi connectivity index (χ2n) is 12.7. The first kappa shape index (κ1) is 40.1. The molecule has 0 saturated carbocycles. The third-order valence-corrected chi connectivity index (χ3v) is 9.59. The standard InChI is InChI=1S/C22H16ClN3O2.C19H14ClN3O.C3H3ClO/c1-3-20(27)25-19-11-16(7-4-13(19)2)26-21(28)9-5-14-12-24-18-8-6-15(23)10-17(18)22(14)26;1-11-2-5-14(9-16(11)21)23-18(24)7-3-12-10-22-17-6-4-13(20)8-15(17)19(12)23;1-2-3(4)5/h3-12H,1H2,2H3,(H,25,27);2-10H,21H2,1H3;2H,1H2. The average molecular weight is 816 g/mol. The molecule has 4 aromatic carbocycles. The van der Waals surface area contributed by atoms with Gasteiger partial charge in [-0.25, -0.2) is 0 Å². The summed E-state index contributed by atoms with van der Waals surface area (Å²) in [6, 6.07) is 28.5. The number of aryl methyl sites for hydroxylation is 2. The van der Waals surface area contributed by atoms with Gasteiger partial charge in [-0.15, -0.1) is 0 Å². The maximum Gasteiger partial charge on any atom is 0.255 e. The highest BCUT2D eigenvalue weighted by Crippen LogP contribution is 2.30. The molecule has 0 aliphatic heterocycles. The topological polar surface area (TPSA) is 142 Å². The molecule has 10 nitrogen and oxygen atoms in total. The smallest absolute Gasteiger partial charge is 0.255 e. The molecule has 0 fully saturated rings. The zero-order chi connectivity index (χ0) is 41.0. The molecule has 4 aromatic heterocycles. The lowest BCUT2D eigenvalue weighted by molar-refractivity contribution is -0.112. The fourth-order valence-electron chi connectivity index (χ4n) is 6.11. The Morgan fingerprint density at radius 1 is 0.667 bits per heavy atom. The lowest BCUT2D eigenvalue weighted by Crippen LogP contribution is -2.18. The van der Waals surface area contributed by atoms with E-state index >= 15 is 0 Å². The molecule has 3 N–H and O–H groups in total. The number of allylic oxidation sites excluding steroid dienone is 1. The summed E-state index contributed by atoms with van der Waals surface area (Å²) in [5.74, 6) is -0.313. The number of anilines is 2. The Labute approximate surface area is 341 Å². The van der Waals surface area contributed by atoms with Crippen LogP contribution in [0.15, 0.2) is 144 Å². The molecular weight excluding hydrogens is 783 g/mol. The number of nitrogen functional groups attached to an aromatic ring is 1. The predicted octanol–water partition coefficient (Wildman–Crippen LogP) is 9.65. The Hall–Kier alpha value is -6.59. The summed E-state index contributed by atoms with van der Waals surface area (Å²) in [6.45, 7) is 10.4. The summed E-state index contributed by atoms with van der Waals surface area (Å²) >= 11 is 17.1. The van der Waals surface area contributed by atoms with Crippen LogP contribution in [0.4, 0.5) is 11.4 Å². The van der Waals surface area contributed by atoms with Crippen LogP contribution in [0.1, 0.15) is 11.1 Å². The van der Waals surface area contributed by atoms with Gasteiger partial charge in [0.15, 0.2) is 0 Å². The number of amides is 1. The van der Waals surface area contributed by atoms with E-state index in [1.807, 2.05) is 62.4 Å². The predicted molar refractivity (Wildman–Crippen MR) is 233 cm³/mol. The first-order valence-corrected chi connectivity index (χ1v) is 18.4. The maximum atomic E-state index is 12.8. The number of aromatic nitrogens is 4. The average Bonchev–Trinajstić information content (AvgIpc) is 3.20. The largest absolute Gasteiger partial charge is 0.398 e. The molecule has 4 heterocycles. The minimum atomic E-state index is -0.509. The van der Waals surface area contributed by atoms with Crippen LogP contribution in [-0.2, 0) is 9.59 Å². The Kier molecular flexibility index (Phi) is 12.0. The molecule has 8 rings (SSSR count). The Morgan fingerprint density at radius 2 is 1.14 bits per heavy atom. The lowest BCUT2D eigenvalue weighted by Gasteiger charge is -2.15. The molecule has 0 spiro atoms. The van der Waals surface area contributed by atoms with Crippen LogP contribution < -0.4 is 22.2 Å². The van der Waals surface area contributed by atoms with E-state index in [9.17, 15) is 19.2 Å². The van der Waals surface area contributed by atoms with Crippen molar-refractivity contribution in [1.29, 1.82) is 0 Å². The molecule has 0 bridgehead atoms. The van der Waals surface area contributed by atoms with Crippen LogP contribution in [0.5, 0.6) is 0 Å². The lowest BCUT2D eigenvalue weighted by atomic mass is 10.1. The van der Waals surface area contributed by atoms with E-state index in [1.165, 1.54) is 18.2 Å². The van der Waals surface area contributed by atoms with Gasteiger partial charge >= 0.3 is 0 Å². The van der Waals surface area contributed by atoms with Crippen LogP contribution in [-0.4, -0.2) is 30.3 Å². The second kappa shape index (κ2) is 17.1. The number of carbonyl (C=O) groups is 2. The molecule has 0 atom stereocenters. The van der Waals surface area contributed by atoms with Crippen molar-refractivity contribution in [2.24, 2.45) is 0 Å². The van der Waals surface area contributed by atoms with Crippen LogP contribution in [0.2, 0.25) is 10.0 Å². The number of rotatable bonds is 5.